The van der Waals surface area contributed by atoms with Gasteiger partial charge in [-0.2, -0.15) is 0 Å². The van der Waals surface area contributed by atoms with E-state index in [1.165, 1.54) is 0 Å². The maximum absolute atomic E-state index is 10.9. The van der Waals surface area contributed by atoms with Crippen LogP contribution >= 0.6 is 0 Å². The van der Waals surface area contributed by atoms with Crippen LogP contribution in [0.2, 0.25) is 0 Å². The molecule has 0 bridgehead atoms. The van der Waals surface area contributed by atoms with Gasteiger partial charge in [0.15, 0.2) is 0 Å². The summed E-state index contributed by atoms with van der Waals surface area (Å²) in [4.78, 5) is 10.9. The number of Topliss-reactive ketones (excluding diaryl/α,β-unsaturated/α-hetero) is 1. The van der Waals surface area contributed by atoms with E-state index in [1.807, 2.05) is 7.05 Å². The fourth-order valence-electron chi connectivity index (χ4n) is 1.14. The van der Waals surface area contributed by atoms with Crippen LogP contribution in [0.5, 0.6) is 0 Å². The number of rotatable bonds is 3. The first-order valence-electron chi connectivity index (χ1n) is 3.37. The molecule has 0 amide bonds. The molecule has 1 rings (SSSR count). The van der Waals surface area contributed by atoms with Gasteiger partial charge >= 0.3 is 0 Å². The van der Waals surface area contributed by atoms with Gasteiger partial charge in [-0.15, -0.1) is 0 Å². The van der Waals surface area contributed by atoms with Crippen LogP contribution in [0.3, 0.4) is 0 Å². The van der Waals surface area contributed by atoms with Crippen LogP contribution in [0, 0.1) is 5.41 Å². The smallest absolute Gasteiger partial charge is 0.137 e. The summed E-state index contributed by atoms with van der Waals surface area (Å²) in [7, 11) is 1.89. The lowest BCUT2D eigenvalue weighted by atomic mass is 10.0. The summed E-state index contributed by atoms with van der Waals surface area (Å²) in [5.74, 6) is 0.344. The maximum Gasteiger partial charge on any atom is 0.137 e. The first-order chi connectivity index (χ1) is 4.21. The van der Waals surface area contributed by atoms with Gasteiger partial charge < -0.3 is 5.32 Å². The second kappa shape index (κ2) is 2.10. The monoisotopic (exact) mass is 127 g/mol. The highest BCUT2D eigenvalue weighted by Crippen LogP contribution is 2.45. The summed E-state index contributed by atoms with van der Waals surface area (Å²) >= 11 is 0. The topological polar surface area (TPSA) is 29.1 Å². The Morgan fingerprint density at radius 3 is 2.33 bits per heavy atom. The Morgan fingerprint density at radius 2 is 2.22 bits per heavy atom. The molecule has 1 aliphatic rings. The standard InChI is InChI=1S/C7H13NO/c1-6(9)7(3-4-7)5-8-2/h8H,3-5H2,1-2H3. The van der Waals surface area contributed by atoms with Crippen LogP contribution in [-0.4, -0.2) is 19.4 Å². The maximum atomic E-state index is 10.9. The third-order valence-electron chi connectivity index (χ3n) is 2.12. The van der Waals surface area contributed by atoms with Crippen LogP contribution in [0.4, 0.5) is 0 Å². The van der Waals surface area contributed by atoms with Gasteiger partial charge in [-0.1, -0.05) is 0 Å². The first kappa shape index (κ1) is 6.75. The zero-order valence-electron chi connectivity index (χ0n) is 6.03. The van der Waals surface area contributed by atoms with E-state index in [0.717, 1.165) is 19.4 Å². The fourth-order valence-corrected chi connectivity index (χ4v) is 1.14. The average Bonchev–Trinajstić information content (AvgIpc) is 2.49. The molecule has 9 heavy (non-hydrogen) atoms. The Kier molecular flexibility index (Phi) is 1.58. The van der Waals surface area contributed by atoms with Gasteiger partial charge in [0.1, 0.15) is 5.78 Å². The second-order valence-corrected chi connectivity index (χ2v) is 2.87. The first-order valence-corrected chi connectivity index (χ1v) is 3.37. The molecular weight excluding hydrogens is 114 g/mol. The van der Waals surface area contributed by atoms with Gasteiger partial charge in [-0.05, 0) is 26.8 Å². The number of nitrogens with one attached hydrogen (secondary N) is 1. The van der Waals surface area contributed by atoms with E-state index in [9.17, 15) is 4.79 Å². The third kappa shape index (κ3) is 1.13. The molecule has 0 atom stereocenters. The van der Waals surface area contributed by atoms with Gasteiger partial charge in [0.2, 0.25) is 0 Å². The molecule has 0 spiro atoms. The molecule has 0 saturated heterocycles. The van der Waals surface area contributed by atoms with Crippen LogP contribution in [-0.2, 0) is 4.79 Å². The lowest BCUT2D eigenvalue weighted by Crippen LogP contribution is -2.25. The Balaban J connectivity index is 2.43. The molecule has 0 aliphatic heterocycles. The van der Waals surface area contributed by atoms with E-state index in [-0.39, 0.29) is 5.41 Å². The molecular formula is C7H13NO. The van der Waals surface area contributed by atoms with Gasteiger partial charge in [-0.3, -0.25) is 4.79 Å². The molecule has 1 N–H and O–H groups in total. The van der Waals surface area contributed by atoms with Crippen molar-refractivity contribution in [1.29, 1.82) is 0 Å². The van der Waals surface area contributed by atoms with E-state index in [0.29, 0.717) is 5.78 Å². The molecule has 1 saturated carbocycles. The van der Waals surface area contributed by atoms with Gasteiger partial charge in [0, 0.05) is 12.0 Å². The van der Waals surface area contributed by atoms with Crippen molar-refractivity contribution in [2.75, 3.05) is 13.6 Å². The van der Waals surface area contributed by atoms with Crippen molar-refractivity contribution < 1.29 is 4.79 Å². The molecule has 1 aliphatic carbocycles. The second-order valence-electron chi connectivity index (χ2n) is 2.87. The lowest BCUT2D eigenvalue weighted by molar-refractivity contribution is -0.121. The summed E-state index contributed by atoms with van der Waals surface area (Å²) < 4.78 is 0. The minimum atomic E-state index is 0.0503. The van der Waals surface area contributed by atoms with Gasteiger partial charge in [0.05, 0.1) is 0 Å². The van der Waals surface area contributed by atoms with Crippen LogP contribution in [0.25, 0.3) is 0 Å². The zero-order chi connectivity index (χ0) is 6.91. The van der Waals surface area contributed by atoms with Crippen molar-refractivity contribution in [3.05, 3.63) is 0 Å². The summed E-state index contributed by atoms with van der Waals surface area (Å²) in [6, 6.07) is 0. The SMILES string of the molecule is CNCC1(C(C)=O)CC1. The van der Waals surface area contributed by atoms with Crippen molar-refractivity contribution in [3.8, 4) is 0 Å². The molecule has 0 aromatic carbocycles. The van der Waals surface area contributed by atoms with Crippen molar-refractivity contribution in [1.82, 2.24) is 5.32 Å². The lowest BCUT2D eigenvalue weighted by Gasteiger charge is -2.08. The number of carbonyl (C=O) groups is 1. The van der Waals surface area contributed by atoms with Crippen molar-refractivity contribution in [2.45, 2.75) is 19.8 Å². The third-order valence-corrected chi connectivity index (χ3v) is 2.12. The largest absolute Gasteiger partial charge is 0.319 e. The Bertz CT molecular complexity index is 127. The zero-order valence-corrected chi connectivity index (χ0v) is 6.03. The molecule has 0 aromatic rings. The highest BCUT2D eigenvalue weighted by molar-refractivity contribution is 5.85. The van der Waals surface area contributed by atoms with Crippen LogP contribution in [0.15, 0.2) is 0 Å². The molecule has 0 aromatic heterocycles. The van der Waals surface area contributed by atoms with Gasteiger partial charge in [-0.25, -0.2) is 0 Å². The normalized spacial score (nSPS) is 21.6. The number of ketones is 1. The Labute approximate surface area is 55.6 Å². The minimum absolute atomic E-state index is 0.0503. The van der Waals surface area contributed by atoms with E-state index in [2.05, 4.69) is 5.32 Å². The Hall–Kier alpha value is -0.370. The minimum Gasteiger partial charge on any atom is -0.319 e. The predicted molar refractivity (Wildman–Crippen MR) is 36.3 cm³/mol. The van der Waals surface area contributed by atoms with E-state index in [4.69, 9.17) is 0 Å². The summed E-state index contributed by atoms with van der Waals surface area (Å²) in [6.07, 6.45) is 2.17. The molecule has 1 fully saturated rings. The highest BCUT2D eigenvalue weighted by Gasteiger charge is 2.46. The van der Waals surface area contributed by atoms with E-state index < -0.39 is 0 Å². The molecule has 0 heterocycles. The molecule has 2 nitrogen and oxygen atoms in total. The summed E-state index contributed by atoms with van der Waals surface area (Å²) in [6.45, 7) is 2.55. The number of hydrogen-bond acceptors (Lipinski definition) is 2. The average molecular weight is 127 g/mol. The van der Waals surface area contributed by atoms with Crippen molar-refractivity contribution in [3.63, 3.8) is 0 Å². The number of carbonyl (C=O) groups excluding carboxylic acids is 1. The van der Waals surface area contributed by atoms with Crippen molar-refractivity contribution in [2.24, 2.45) is 5.41 Å². The Morgan fingerprint density at radius 1 is 1.67 bits per heavy atom. The van der Waals surface area contributed by atoms with E-state index >= 15 is 0 Å². The molecule has 52 valence electrons. The summed E-state index contributed by atoms with van der Waals surface area (Å²) in [5, 5.41) is 3.03. The summed E-state index contributed by atoms with van der Waals surface area (Å²) in [5.41, 5.74) is 0.0503. The van der Waals surface area contributed by atoms with Gasteiger partial charge in [0.25, 0.3) is 0 Å². The molecule has 0 unspecified atom stereocenters. The van der Waals surface area contributed by atoms with E-state index in [1.54, 1.807) is 6.92 Å². The van der Waals surface area contributed by atoms with Crippen LogP contribution < -0.4 is 5.32 Å². The predicted octanol–water partition coefficient (Wildman–Crippen LogP) is 0.575. The fraction of sp³-hybridized carbons (Fsp3) is 0.857. The highest BCUT2D eigenvalue weighted by atomic mass is 16.1. The van der Waals surface area contributed by atoms with Crippen LogP contribution in [0.1, 0.15) is 19.8 Å². The molecule has 0 radical (unpaired) electrons. The quantitative estimate of drug-likeness (QED) is 0.600. The molecule has 2 heteroatoms. The number of hydrogen-bond donors (Lipinski definition) is 1. The van der Waals surface area contributed by atoms with Crippen molar-refractivity contribution >= 4 is 5.78 Å².